The second kappa shape index (κ2) is 5.68. The van der Waals surface area contributed by atoms with Crippen molar-refractivity contribution in [1.82, 2.24) is 15.0 Å². The molecule has 2 heterocycles. The number of aromatic nitrogens is 2. The molecule has 2 bridgehead atoms. The molecule has 0 N–H and O–H groups in total. The second-order valence-electron chi connectivity index (χ2n) is 6.30. The molecule has 2 aromatic rings. The van der Waals surface area contributed by atoms with E-state index in [1.54, 1.807) is 6.92 Å². The van der Waals surface area contributed by atoms with Gasteiger partial charge in [-0.2, -0.15) is 4.98 Å². The van der Waals surface area contributed by atoms with Gasteiger partial charge in [-0.1, -0.05) is 17.3 Å². The monoisotopic (exact) mass is 313 g/mol. The highest BCUT2D eigenvalue weighted by Crippen LogP contribution is 2.38. The standard InChI is InChI=1S/C17H19N3O3/c1-11-18-16(19-23-11)10-22-15-5-3-2-4-14(15)17(21)20-9-12-6-7-13(20)8-12/h2-5,12-13H,6-10H2,1H3/t12-,13-/m0/s1. The molecule has 1 aliphatic carbocycles. The lowest BCUT2D eigenvalue weighted by Gasteiger charge is -2.27. The Balaban J connectivity index is 1.51. The van der Waals surface area contributed by atoms with Crippen LogP contribution < -0.4 is 4.74 Å². The van der Waals surface area contributed by atoms with Crippen LogP contribution in [-0.2, 0) is 6.61 Å². The fraction of sp³-hybridized carbons (Fsp3) is 0.471. The van der Waals surface area contributed by atoms with E-state index < -0.39 is 0 Å². The van der Waals surface area contributed by atoms with Gasteiger partial charge in [0.2, 0.25) is 11.7 Å². The van der Waals surface area contributed by atoms with Crippen molar-refractivity contribution in [1.29, 1.82) is 0 Å². The Hall–Kier alpha value is -2.37. The fourth-order valence-electron chi connectivity index (χ4n) is 3.64. The number of benzene rings is 1. The number of fused-ring (bicyclic) bond motifs is 2. The largest absolute Gasteiger partial charge is 0.485 e. The van der Waals surface area contributed by atoms with E-state index >= 15 is 0 Å². The summed E-state index contributed by atoms with van der Waals surface area (Å²) in [7, 11) is 0. The van der Waals surface area contributed by atoms with Gasteiger partial charge in [-0.15, -0.1) is 0 Å². The molecule has 1 saturated heterocycles. The molecule has 2 aliphatic rings. The third-order valence-corrected chi connectivity index (χ3v) is 4.71. The first-order valence-electron chi connectivity index (χ1n) is 8.02. The Morgan fingerprint density at radius 2 is 2.26 bits per heavy atom. The molecule has 1 aliphatic heterocycles. The van der Waals surface area contributed by atoms with Gasteiger partial charge in [0.1, 0.15) is 5.75 Å². The fourth-order valence-corrected chi connectivity index (χ4v) is 3.64. The van der Waals surface area contributed by atoms with Gasteiger partial charge in [0.25, 0.3) is 5.91 Å². The summed E-state index contributed by atoms with van der Waals surface area (Å²) in [5, 5.41) is 3.81. The number of para-hydroxylation sites is 1. The van der Waals surface area contributed by atoms with Crippen LogP contribution in [0.5, 0.6) is 5.75 Å². The lowest BCUT2D eigenvalue weighted by molar-refractivity contribution is 0.0698. The maximum absolute atomic E-state index is 12.9. The average Bonchev–Trinajstić information content (AvgIpc) is 3.29. The van der Waals surface area contributed by atoms with Crippen LogP contribution in [0.3, 0.4) is 0 Å². The second-order valence-corrected chi connectivity index (χ2v) is 6.30. The van der Waals surface area contributed by atoms with Crippen LogP contribution in [0.25, 0.3) is 0 Å². The third kappa shape index (κ3) is 2.69. The van der Waals surface area contributed by atoms with Crippen LogP contribution in [0.2, 0.25) is 0 Å². The number of nitrogens with zero attached hydrogens (tertiary/aromatic N) is 3. The van der Waals surface area contributed by atoms with Crippen molar-refractivity contribution in [2.75, 3.05) is 6.54 Å². The Kier molecular flexibility index (Phi) is 3.52. The van der Waals surface area contributed by atoms with E-state index in [0.29, 0.717) is 35.0 Å². The van der Waals surface area contributed by atoms with Crippen molar-refractivity contribution < 1.29 is 14.1 Å². The lowest BCUT2D eigenvalue weighted by atomic mass is 10.1. The number of aryl methyl sites for hydroxylation is 1. The molecular formula is C17H19N3O3. The minimum Gasteiger partial charge on any atom is -0.485 e. The van der Waals surface area contributed by atoms with Gasteiger partial charge in [0, 0.05) is 19.5 Å². The first-order chi connectivity index (χ1) is 11.2. The summed E-state index contributed by atoms with van der Waals surface area (Å²) in [6.45, 7) is 2.80. The van der Waals surface area contributed by atoms with Crippen LogP contribution >= 0.6 is 0 Å². The zero-order valence-electron chi connectivity index (χ0n) is 13.1. The average molecular weight is 313 g/mol. The van der Waals surface area contributed by atoms with E-state index in [4.69, 9.17) is 9.26 Å². The van der Waals surface area contributed by atoms with Crippen LogP contribution in [-0.4, -0.2) is 33.5 Å². The molecule has 0 unspecified atom stereocenters. The van der Waals surface area contributed by atoms with E-state index in [-0.39, 0.29) is 12.5 Å². The minimum atomic E-state index is 0.0668. The smallest absolute Gasteiger partial charge is 0.257 e. The molecule has 2 atom stereocenters. The predicted molar refractivity (Wildman–Crippen MR) is 82.0 cm³/mol. The van der Waals surface area contributed by atoms with Crippen LogP contribution in [0.1, 0.15) is 41.3 Å². The highest BCUT2D eigenvalue weighted by molar-refractivity contribution is 5.97. The first kappa shape index (κ1) is 14.2. The number of carbonyl (C=O) groups excluding carboxylic acids is 1. The molecule has 0 radical (unpaired) electrons. The maximum Gasteiger partial charge on any atom is 0.257 e. The Labute approximate surface area is 134 Å². The Morgan fingerprint density at radius 1 is 1.39 bits per heavy atom. The van der Waals surface area contributed by atoms with Crippen LogP contribution in [0.15, 0.2) is 28.8 Å². The molecule has 1 aromatic heterocycles. The summed E-state index contributed by atoms with van der Waals surface area (Å²) in [4.78, 5) is 19.0. The molecule has 6 heteroatoms. The van der Waals surface area contributed by atoms with Crippen LogP contribution in [0.4, 0.5) is 0 Å². The number of amides is 1. The highest BCUT2D eigenvalue weighted by atomic mass is 16.5. The Morgan fingerprint density at radius 3 is 2.96 bits per heavy atom. The predicted octanol–water partition coefficient (Wildman–Crippen LogP) is 2.58. The minimum absolute atomic E-state index is 0.0668. The lowest BCUT2D eigenvalue weighted by Crippen LogP contribution is -2.37. The maximum atomic E-state index is 12.9. The molecule has 6 nitrogen and oxygen atoms in total. The van der Waals surface area contributed by atoms with Crippen molar-refractivity contribution in [3.8, 4) is 5.75 Å². The summed E-state index contributed by atoms with van der Waals surface area (Å²) < 4.78 is 10.7. The van der Waals surface area contributed by atoms with Crippen molar-refractivity contribution >= 4 is 5.91 Å². The number of hydrogen-bond acceptors (Lipinski definition) is 5. The molecule has 4 rings (SSSR count). The summed E-state index contributed by atoms with van der Waals surface area (Å²) in [5.41, 5.74) is 0.611. The normalized spacial score (nSPS) is 22.6. The van der Waals surface area contributed by atoms with Crippen molar-refractivity contribution in [3.05, 3.63) is 41.5 Å². The molecule has 120 valence electrons. The van der Waals surface area contributed by atoms with Gasteiger partial charge < -0.3 is 14.2 Å². The van der Waals surface area contributed by atoms with Gasteiger partial charge in [0.05, 0.1) is 5.56 Å². The molecule has 0 spiro atoms. The van der Waals surface area contributed by atoms with Gasteiger partial charge in [-0.3, -0.25) is 4.79 Å². The number of piperidine rings is 1. The SMILES string of the molecule is Cc1nc(COc2ccccc2C(=O)N2C[C@H]3CC[C@H]2C3)no1. The van der Waals surface area contributed by atoms with E-state index in [2.05, 4.69) is 10.1 Å². The van der Waals surface area contributed by atoms with Crippen LogP contribution in [0, 0.1) is 12.8 Å². The third-order valence-electron chi connectivity index (χ3n) is 4.71. The number of carbonyl (C=O) groups is 1. The zero-order valence-corrected chi connectivity index (χ0v) is 13.1. The molecule has 1 saturated carbocycles. The summed E-state index contributed by atoms with van der Waals surface area (Å²) >= 11 is 0. The summed E-state index contributed by atoms with van der Waals surface area (Å²) in [6, 6.07) is 7.77. The van der Waals surface area contributed by atoms with Gasteiger partial charge in [0.15, 0.2) is 6.61 Å². The molecule has 1 amide bonds. The highest BCUT2D eigenvalue weighted by Gasteiger charge is 2.40. The number of hydrogen-bond donors (Lipinski definition) is 0. The number of ether oxygens (including phenoxy) is 1. The van der Waals surface area contributed by atoms with Crippen molar-refractivity contribution in [2.24, 2.45) is 5.92 Å². The topological polar surface area (TPSA) is 68.5 Å². The van der Waals surface area contributed by atoms with Crippen molar-refractivity contribution in [3.63, 3.8) is 0 Å². The van der Waals surface area contributed by atoms with E-state index in [1.165, 1.54) is 6.42 Å². The van der Waals surface area contributed by atoms with E-state index in [0.717, 1.165) is 19.4 Å². The summed E-state index contributed by atoms with van der Waals surface area (Å²) in [5.74, 6) is 2.30. The molecule has 23 heavy (non-hydrogen) atoms. The summed E-state index contributed by atoms with van der Waals surface area (Å²) in [6.07, 6.45) is 3.53. The molecular weight excluding hydrogens is 294 g/mol. The van der Waals surface area contributed by atoms with Gasteiger partial charge in [-0.25, -0.2) is 0 Å². The van der Waals surface area contributed by atoms with Gasteiger partial charge >= 0.3 is 0 Å². The van der Waals surface area contributed by atoms with Crippen molar-refractivity contribution in [2.45, 2.75) is 38.8 Å². The number of rotatable bonds is 4. The zero-order chi connectivity index (χ0) is 15.8. The Bertz CT molecular complexity index is 727. The van der Waals surface area contributed by atoms with E-state index in [1.807, 2.05) is 29.2 Å². The quantitative estimate of drug-likeness (QED) is 0.868. The van der Waals surface area contributed by atoms with E-state index in [9.17, 15) is 4.79 Å². The number of likely N-dealkylation sites (tertiary alicyclic amines) is 1. The van der Waals surface area contributed by atoms with Gasteiger partial charge in [-0.05, 0) is 37.3 Å². The molecule has 1 aromatic carbocycles. The molecule has 2 fully saturated rings. The first-order valence-corrected chi connectivity index (χ1v) is 8.02.